The van der Waals surface area contributed by atoms with Gasteiger partial charge in [-0.25, -0.2) is 8.42 Å². The Morgan fingerprint density at radius 2 is 2.35 bits per heavy atom. The lowest BCUT2D eigenvalue weighted by Gasteiger charge is -2.22. The van der Waals surface area contributed by atoms with Crippen LogP contribution >= 0.6 is 0 Å². The van der Waals surface area contributed by atoms with E-state index >= 15 is 0 Å². The van der Waals surface area contributed by atoms with Gasteiger partial charge in [0.15, 0.2) is 9.84 Å². The summed E-state index contributed by atoms with van der Waals surface area (Å²) < 4.78 is 24.9. The first-order valence-corrected chi connectivity index (χ1v) is 7.72. The van der Waals surface area contributed by atoms with Gasteiger partial charge in [0, 0.05) is 18.3 Å². The molecule has 1 aliphatic rings. The van der Waals surface area contributed by atoms with Crippen LogP contribution in [0.4, 0.5) is 0 Å². The number of rotatable bonds is 4. The van der Waals surface area contributed by atoms with E-state index < -0.39 is 9.84 Å². The molecule has 0 bridgehead atoms. The number of sulfone groups is 1. The second-order valence-corrected chi connectivity index (χ2v) is 7.10. The molecule has 1 aromatic rings. The Morgan fingerprint density at radius 3 is 2.94 bits per heavy atom. The molecule has 2 rings (SSSR count). The van der Waals surface area contributed by atoms with Crippen molar-refractivity contribution in [1.29, 1.82) is 0 Å². The number of hydrogen-bond donors (Lipinski definition) is 1. The highest BCUT2D eigenvalue weighted by Crippen LogP contribution is 2.29. The van der Waals surface area contributed by atoms with Crippen molar-refractivity contribution in [1.82, 2.24) is 15.1 Å². The third-order valence-electron chi connectivity index (χ3n) is 3.25. The van der Waals surface area contributed by atoms with Crippen LogP contribution in [0.3, 0.4) is 0 Å². The molecular weight excluding hydrogens is 238 g/mol. The molecule has 1 fully saturated rings. The molecule has 1 aromatic heterocycles. The minimum absolute atomic E-state index is 0.197. The average molecular weight is 257 g/mol. The molecule has 6 heteroatoms. The molecule has 0 spiro atoms. The van der Waals surface area contributed by atoms with Crippen LogP contribution in [0.25, 0.3) is 0 Å². The predicted molar refractivity (Wildman–Crippen MR) is 66.5 cm³/mol. The summed E-state index contributed by atoms with van der Waals surface area (Å²) in [6, 6.07) is 0. The van der Waals surface area contributed by atoms with Crippen molar-refractivity contribution < 1.29 is 8.42 Å². The second kappa shape index (κ2) is 4.42. The summed E-state index contributed by atoms with van der Waals surface area (Å²) in [7, 11) is -2.89. The lowest BCUT2D eigenvalue weighted by molar-refractivity contribution is 0.328. The fourth-order valence-corrected chi connectivity index (χ4v) is 4.31. The predicted octanol–water partition coefficient (Wildman–Crippen LogP) is 0.526. The van der Waals surface area contributed by atoms with E-state index in [0.29, 0.717) is 6.42 Å². The van der Waals surface area contributed by atoms with E-state index in [1.54, 1.807) is 6.20 Å². The van der Waals surface area contributed by atoms with Crippen molar-refractivity contribution in [2.24, 2.45) is 0 Å². The van der Waals surface area contributed by atoms with E-state index in [1.165, 1.54) is 0 Å². The zero-order valence-corrected chi connectivity index (χ0v) is 11.1. The normalized spacial score (nSPS) is 27.4. The fraction of sp³-hybridized carbons (Fsp3) is 0.727. The van der Waals surface area contributed by atoms with Crippen molar-refractivity contribution in [3.05, 3.63) is 18.0 Å². The average Bonchev–Trinajstić information content (AvgIpc) is 2.81. The van der Waals surface area contributed by atoms with Gasteiger partial charge in [0.2, 0.25) is 0 Å². The van der Waals surface area contributed by atoms with Crippen molar-refractivity contribution in [3.63, 3.8) is 0 Å². The zero-order chi connectivity index (χ0) is 12.5. The van der Waals surface area contributed by atoms with Crippen molar-refractivity contribution in [3.8, 4) is 0 Å². The first kappa shape index (κ1) is 12.6. The van der Waals surface area contributed by atoms with Gasteiger partial charge < -0.3 is 5.32 Å². The highest BCUT2D eigenvalue weighted by atomic mass is 32.2. The molecule has 17 heavy (non-hydrogen) atoms. The Hall–Kier alpha value is -0.880. The van der Waals surface area contributed by atoms with Gasteiger partial charge in [-0.1, -0.05) is 6.92 Å². The van der Waals surface area contributed by atoms with E-state index in [2.05, 4.69) is 17.3 Å². The molecule has 1 N–H and O–H groups in total. The molecule has 1 atom stereocenters. The number of nitrogens with zero attached hydrogens (tertiary/aromatic N) is 2. The van der Waals surface area contributed by atoms with Crippen molar-refractivity contribution >= 4 is 9.84 Å². The van der Waals surface area contributed by atoms with Crippen LogP contribution in [0, 0.1) is 0 Å². The summed E-state index contributed by atoms with van der Waals surface area (Å²) in [5.74, 6) is 0.466. The van der Waals surface area contributed by atoms with Gasteiger partial charge >= 0.3 is 0 Å². The number of aromatic nitrogens is 2. The fourth-order valence-electron chi connectivity index (χ4n) is 2.19. The van der Waals surface area contributed by atoms with Crippen LogP contribution in [0.2, 0.25) is 0 Å². The Kier molecular flexibility index (Phi) is 3.27. The van der Waals surface area contributed by atoms with Crippen LogP contribution in [0.15, 0.2) is 12.4 Å². The Morgan fingerprint density at radius 1 is 1.59 bits per heavy atom. The Bertz CT molecular complexity index is 495. The topological polar surface area (TPSA) is 64.0 Å². The highest BCUT2D eigenvalue weighted by molar-refractivity contribution is 7.91. The molecule has 5 nitrogen and oxygen atoms in total. The Balaban J connectivity index is 2.15. The Labute approximate surface area is 102 Å². The van der Waals surface area contributed by atoms with Crippen LogP contribution in [0.5, 0.6) is 0 Å². The zero-order valence-electron chi connectivity index (χ0n) is 10.3. The van der Waals surface area contributed by atoms with Gasteiger partial charge in [0.1, 0.15) is 0 Å². The monoisotopic (exact) mass is 257 g/mol. The molecule has 96 valence electrons. The van der Waals surface area contributed by atoms with Gasteiger partial charge in [-0.3, -0.25) is 4.68 Å². The summed E-state index contributed by atoms with van der Waals surface area (Å²) in [4.78, 5) is 0. The smallest absolute Gasteiger partial charge is 0.152 e. The minimum atomic E-state index is -2.89. The van der Waals surface area contributed by atoms with Crippen LogP contribution in [-0.4, -0.2) is 36.2 Å². The first-order valence-electron chi connectivity index (χ1n) is 5.90. The van der Waals surface area contributed by atoms with Gasteiger partial charge in [-0.2, -0.15) is 5.10 Å². The molecule has 0 aromatic carbocycles. The molecule has 2 heterocycles. The van der Waals surface area contributed by atoms with E-state index in [-0.39, 0.29) is 17.0 Å². The molecule has 0 amide bonds. The number of nitrogens with one attached hydrogen (secondary N) is 1. The third kappa shape index (κ3) is 2.69. The van der Waals surface area contributed by atoms with Gasteiger partial charge in [-0.05, 0) is 19.9 Å². The maximum absolute atomic E-state index is 11.5. The van der Waals surface area contributed by atoms with E-state index in [4.69, 9.17) is 0 Å². The highest BCUT2D eigenvalue weighted by Gasteiger charge is 2.40. The standard InChI is InChI=1S/C11H19N3O2S/c1-3-12-6-10-7-13-14(8-10)11(2)4-5-17(15,16)9-11/h7-8,12H,3-6,9H2,1-2H3. The van der Waals surface area contributed by atoms with Gasteiger partial charge in [0.05, 0.1) is 23.2 Å². The van der Waals surface area contributed by atoms with Gasteiger partial charge in [-0.15, -0.1) is 0 Å². The molecule has 0 radical (unpaired) electrons. The first-order chi connectivity index (χ1) is 7.95. The van der Waals surface area contributed by atoms with E-state index in [1.807, 2.05) is 17.8 Å². The van der Waals surface area contributed by atoms with Crippen LogP contribution in [-0.2, 0) is 21.9 Å². The third-order valence-corrected chi connectivity index (χ3v) is 5.14. The lowest BCUT2D eigenvalue weighted by Crippen LogP contribution is -2.31. The van der Waals surface area contributed by atoms with E-state index in [9.17, 15) is 8.42 Å². The quantitative estimate of drug-likeness (QED) is 0.854. The minimum Gasteiger partial charge on any atom is -0.313 e. The van der Waals surface area contributed by atoms with Crippen LogP contribution < -0.4 is 5.32 Å². The maximum atomic E-state index is 11.5. The molecule has 0 saturated carbocycles. The van der Waals surface area contributed by atoms with Crippen LogP contribution in [0.1, 0.15) is 25.8 Å². The summed E-state index contributed by atoms with van der Waals surface area (Å²) in [6.45, 7) is 5.70. The lowest BCUT2D eigenvalue weighted by atomic mass is 10.0. The molecular formula is C11H19N3O2S. The summed E-state index contributed by atoms with van der Waals surface area (Å²) in [6.07, 6.45) is 4.40. The second-order valence-electron chi connectivity index (χ2n) is 4.91. The van der Waals surface area contributed by atoms with Crippen molar-refractivity contribution in [2.45, 2.75) is 32.4 Å². The summed E-state index contributed by atoms with van der Waals surface area (Å²) in [5, 5.41) is 7.53. The molecule has 1 saturated heterocycles. The summed E-state index contributed by atoms with van der Waals surface area (Å²) >= 11 is 0. The molecule has 0 aliphatic carbocycles. The summed E-state index contributed by atoms with van der Waals surface area (Å²) in [5.41, 5.74) is 0.723. The maximum Gasteiger partial charge on any atom is 0.152 e. The molecule has 1 aliphatic heterocycles. The molecule has 1 unspecified atom stereocenters. The SMILES string of the molecule is CCNCc1cnn(C2(C)CCS(=O)(=O)C2)c1. The van der Waals surface area contributed by atoms with Crippen molar-refractivity contribution in [2.75, 3.05) is 18.1 Å². The number of hydrogen-bond acceptors (Lipinski definition) is 4. The largest absolute Gasteiger partial charge is 0.313 e. The van der Waals surface area contributed by atoms with E-state index in [0.717, 1.165) is 18.7 Å². The van der Waals surface area contributed by atoms with Gasteiger partial charge in [0.25, 0.3) is 0 Å².